The molecule has 0 heterocycles. The first kappa shape index (κ1) is 18.8. The number of benzene rings is 1. The third kappa shape index (κ3) is 3.47. The van der Waals surface area contributed by atoms with Crippen molar-refractivity contribution >= 4 is 30.0 Å². The van der Waals surface area contributed by atoms with Gasteiger partial charge in [0.25, 0.3) is 0 Å². The molecule has 1 aromatic rings. The van der Waals surface area contributed by atoms with Crippen molar-refractivity contribution in [3.05, 3.63) is 28.5 Å². The minimum atomic E-state index is -4.07. The average molecular weight is 334 g/mol. The highest BCUT2D eigenvalue weighted by Crippen LogP contribution is 2.39. The molecule has 0 bridgehead atoms. The minimum Gasteiger partial charge on any atom is -0.506 e. The number of ether oxygens (including phenoxy) is 1. The Hall–Kier alpha value is -1.18. The molecule has 20 heavy (non-hydrogen) atoms. The quantitative estimate of drug-likeness (QED) is 0.831. The van der Waals surface area contributed by atoms with Gasteiger partial charge in [-0.05, 0) is 13.0 Å². The molecule has 0 amide bonds. The summed E-state index contributed by atoms with van der Waals surface area (Å²) in [7, 11) is 0. The lowest BCUT2D eigenvalue weighted by molar-refractivity contribution is -0.174. The second-order valence-electron chi connectivity index (χ2n) is 3.62. The smallest absolute Gasteiger partial charge is 0.379 e. The van der Waals surface area contributed by atoms with Crippen LogP contribution >= 0.6 is 24.0 Å². The van der Waals surface area contributed by atoms with Gasteiger partial charge in [0.05, 0.1) is 6.61 Å². The van der Waals surface area contributed by atoms with E-state index in [1.54, 1.807) is 0 Å². The lowest BCUT2D eigenvalue weighted by Crippen LogP contribution is -2.41. The summed E-state index contributed by atoms with van der Waals surface area (Å²) in [6.07, 6.45) is 0. The van der Waals surface area contributed by atoms with Gasteiger partial charge in [-0.2, -0.15) is 8.78 Å². The summed E-state index contributed by atoms with van der Waals surface area (Å²) in [4.78, 5) is 11.1. The Morgan fingerprint density at radius 2 is 2.10 bits per heavy atom. The number of hydrogen-bond acceptors (Lipinski definition) is 4. The molecule has 0 fully saturated rings. The Kier molecular flexibility index (Phi) is 6.60. The third-order valence-electron chi connectivity index (χ3n) is 2.37. The Morgan fingerprint density at radius 3 is 2.60 bits per heavy atom. The molecule has 0 saturated heterocycles. The fourth-order valence-corrected chi connectivity index (χ4v) is 1.53. The Balaban J connectivity index is 0.00000361. The van der Waals surface area contributed by atoms with E-state index in [1.165, 1.54) is 6.92 Å². The maximum absolute atomic E-state index is 13.6. The number of carbonyl (C=O) groups excluding carboxylic acids is 1. The van der Waals surface area contributed by atoms with Gasteiger partial charge in [-0.3, -0.25) is 0 Å². The molecule has 4 nitrogen and oxygen atoms in total. The topological polar surface area (TPSA) is 72.5 Å². The highest BCUT2D eigenvalue weighted by Gasteiger charge is 2.48. The average Bonchev–Trinajstić information content (AvgIpc) is 2.35. The summed E-state index contributed by atoms with van der Waals surface area (Å²) in [6, 6.07) is -0.614. The SMILES string of the molecule is CCOC(=O)C(F)(F)[C@H](N)c1ccc(F)c(Cl)c1O.Cl. The molecular formula is C11H12Cl2F3NO3. The summed E-state index contributed by atoms with van der Waals surface area (Å²) in [6.45, 7) is 1.10. The lowest BCUT2D eigenvalue weighted by Gasteiger charge is -2.22. The number of phenols is 1. The number of alkyl halides is 2. The van der Waals surface area contributed by atoms with Gasteiger partial charge >= 0.3 is 11.9 Å². The van der Waals surface area contributed by atoms with Gasteiger partial charge < -0.3 is 15.6 Å². The Bertz CT molecular complexity index is 500. The molecule has 0 unspecified atom stereocenters. The van der Waals surface area contributed by atoms with Gasteiger partial charge in [0.2, 0.25) is 0 Å². The highest BCUT2D eigenvalue weighted by atomic mass is 35.5. The summed E-state index contributed by atoms with van der Waals surface area (Å²) < 4.78 is 44.5. The Morgan fingerprint density at radius 1 is 1.55 bits per heavy atom. The molecule has 0 aliphatic carbocycles. The van der Waals surface area contributed by atoms with E-state index in [9.17, 15) is 23.1 Å². The van der Waals surface area contributed by atoms with Gasteiger partial charge in [-0.1, -0.05) is 17.7 Å². The second-order valence-corrected chi connectivity index (χ2v) is 4.00. The van der Waals surface area contributed by atoms with E-state index in [-0.39, 0.29) is 19.0 Å². The zero-order valence-corrected chi connectivity index (χ0v) is 11.8. The van der Waals surface area contributed by atoms with E-state index in [2.05, 4.69) is 4.74 Å². The number of nitrogens with two attached hydrogens (primary N) is 1. The van der Waals surface area contributed by atoms with Gasteiger partial charge in [0.15, 0.2) is 0 Å². The van der Waals surface area contributed by atoms with Gasteiger partial charge in [0.1, 0.15) is 22.6 Å². The van der Waals surface area contributed by atoms with Crippen LogP contribution in [-0.2, 0) is 9.53 Å². The normalized spacial score (nSPS) is 12.5. The standard InChI is InChI=1S/C11H11ClF3NO3.ClH/c1-2-19-10(18)11(14,15)9(16)5-3-4-6(13)7(12)8(5)17;/h3-4,9,17H,2,16H2,1H3;1H/t9-;/m1./s1. The molecule has 0 saturated carbocycles. The van der Waals surface area contributed by atoms with E-state index in [0.29, 0.717) is 0 Å². The molecule has 114 valence electrons. The van der Waals surface area contributed by atoms with E-state index in [1.807, 2.05) is 0 Å². The van der Waals surface area contributed by atoms with Gasteiger partial charge in [-0.15, -0.1) is 12.4 Å². The predicted molar refractivity (Wildman–Crippen MR) is 68.8 cm³/mol. The van der Waals surface area contributed by atoms with E-state index < -0.39 is 40.1 Å². The lowest BCUT2D eigenvalue weighted by atomic mass is 10.0. The second kappa shape index (κ2) is 7.01. The summed E-state index contributed by atoms with van der Waals surface area (Å²) in [5.41, 5.74) is 4.68. The van der Waals surface area contributed by atoms with Crippen molar-refractivity contribution in [3.63, 3.8) is 0 Å². The van der Waals surface area contributed by atoms with Crippen LogP contribution in [0.3, 0.4) is 0 Å². The maximum atomic E-state index is 13.6. The van der Waals surface area contributed by atoms with Crippen LogP contribution in [0, 0.1) is 5.82 Å². The predicted octanol–water partition coefficient (Wildman–Crippen LogP) is 2.80. The van der Waals surface area contributed by atoms with Crippen molar-refractivity contribution < 1.29 is 27.8 Å². The van der Waals surface area contributed by atoms with Crippen molar-refractivity contribution in [1.82, 2.24) is 0 Å². The summed E-state index contributed by atoms with van der Waals surface area (Å²) >= 11 is 5.38. The molecule has 9 heteroatoms. The molecule has 0 spiro atoms. The molecule has 1 rings (SSSR count). The number of rotatable bonds is 4. The van der Waals surface area contributed by atoms with Crippen molar-refractivity contribution in [2.45, 2.75) is 18.9 Å². The molecular weight excluding hydrogens is 322 g/mol. The van der Waals surface area contributed by atoms with Crippen molar-refractivity contribution in [3.8, 4) is 5.75 Å². The van der Waals surface area contributed by atoms with Crippen LogP contribution in [0.15, 0.2) is 12.1 Å². The van der Waals surface area contributed by atoms with Crippen molar-refractivity contribution in [2.75, 3.05) is 6.61 Å². The van der Waals surface area contributed by atoms with E-state index >= 15 is 0 Å². The fraction of sp³-hybridized carbons (Fsp3) is 0.364. The molecule has 0 aromatic heterocycles. The zero-order valence-electron chi connectivity index (χ0n) is 10.2. The number of carbonyl (C=O) groups is 1. The molecule has 1 aromatic carbocycles. The maximum Gasteiger partial charge on any atom is 0.379 e. The van der Waals surface area contributed by atoms with Crippen LogP contribution in [0.4, 0.5) is 13.2 Å². The van der Waals surface area contributed by atoms with Crippen LogP contribution in [0.5, 0.6) is 5.75 Å². The molecule has 3 N–H and O–H groups in total. The summed E-state index contributed by atoms with van der Waals surface area (Å²) in [5, 5.41) is 8.74. The molecule has 0 aliphatic rings. The Labute approximate surface area is 124 Å². The largest absolute Gasteiger partial charge is 0.506 e. The van der Waals surface area contributed by atoms with Gasteiger partial charge in [-0.25, -0.2) is 9.18 Å². The van der Waals surface area contributed by atoms with Crippen LogP contribution < -0.4 is 5.73 Å². The number of esters is 1. The first-order chi connectivity index (χ1) is 8.73. The molecule has 0 aliphatic heterocycles. The summed E-state index contributed by atoms with van der Waals surface area (Å²) in [5.74, 6) is -7.83. The molecule has 0 radical (unpaired) electrons. The number of halogens is 5. The first-order valence-electron chi connectivity index (χ1n) is 5.20. The van der Waals surface area contributed by atoms with Crippen LogP contribution in [0.25, 0.3) is 0 Å². The zero-order chi connectivity index (χ0) is 14.8. The number of aromatic hydroxyl groups is 1. The van der Waals surface area contributed by atoms with Crippen molar-refractivity contribution in [1.29, 1.82) is 0 Å². The van der Waals surface area contributed by atoms with E-state index in [4.69, 9.17) is 17.3 Å². The van der Waals surface area contributed by atoms with Crippen LogP contribution in [-0.4, -0.2) is 23.6 Å². The molecule has 1 atom stereocenters. The minimum absolute atomic E-state index is 0. The highest BCUT2D eigenvalue weighted by molar-refractivity contribution is 6.32. The van der Waals surface area contributed by atoms with Crippen LogP contribution in [0.1, 0.15) is 18.5 Å². The number of hydrogen-bond donors (Lipinski definition) is 2. The fourth-order valence-electron chi connectivity index (χ4n) is 1.36. The van der Waals surface area contributed by atoms with Crippen molar-refractivity contribution in [2.24, 2.45) is 5.73 Å². The number of phenolic OH excluding ortho intramolecular Hbond substituents is 1. The third-order valence-corrected chi connectivity index (χ3v) is 2.73. The monoisotopic (exact) mass is 333 g/mol. The van der Waals surface area contributed by atoms with Crippen LogP contribution in [0.2, 0.25) is 5.02 Å². The first-order valence-corrected chi connectivity index (χ1v) is 5.58. The van der Waals surface area contributed by atoms with E-state index in [0.717, 1.165) is 12.1 Å². The van der Waals surface area contributed by atoms with Gasteiger partial charge in [0, 0.05) is 5.56 Å².